The number of nitrogens with one attached hydrogen (secondary N) is 3. The first-order valence-corrected chi connectivity index (χ1v) is 10.9. The van der Waals surface area contributed by atoms with Crippen molar-refractivity contribution in [1.82, 2.24) is 9.36 Å². The molecule has 1 aromatic carbocycles. The highest BCUT2D eigenvalue weighted by Gasteiger charge is 2.23. The zero-order valence-electron chi connectivity index (χ0n) is 17.4. The predicted molar refractivity (Wildman–Crippen MR) is 125 cm³/mol. The summed E-state index contributed by atoms with van der Waals surface area (Å²) < 4.78 is 7.77. The number of aliphatic hydroxyl groups is 2. The first kappa shape index (κ1) is 23.4. The highest BCUT2D eigenvalue weighted by Crippen LogP contribution is 2.33. The van der Waals surface area contributed by atoms with Crippen LogP contribution in [0.4, 0.5) is 15.8 Å². The number of para-hydroxylation sites is 1. The molecular formula is C19H22N6O5S2. The zero-order valence-corrected chi connectivity index (χ0v) is 19.1. The maximum Gasteiger partial charge on any atom is 0.271 e. The van der Waals surface area contributed by atoms with Gasteiger partial charge in [0.25, 0.3) is 11.5 Å². The highest BCUT2D eigenvalue weighted by atomic mass is 32.1. The summed E-state index contributed by atoms with van der Waals surface area (Å²) in [6, 6.07) is 5.70. The van der Waals surface area contributed by atoms with Gasteiger partial charge in [0.2, 0.25) is 5.88 Å². The van der Waals surface area contributed by atoms with Crippen molar-refractivity contribution in [2.24, 2.45) is 10.7 Å². The molecule has 0 aliphatic carbocycles. The molecule has 170 valence electrons. The van der Waals surface area contributed by atoms with Gasteiger partial charge in [0.1, 0.15) is 16.4 Å². The van der Waals surface area contributed by atoms with E-state index in [2.05, 4.69) is 25.0 Å². The lowest BCUT2D eigenvalue weighted by atomic mass is 10.1. The van der Waals surface area contributed by atoms with E-state index in [0.29, 0.717) is 5.69 Å². The molecule has 3 rings (SSSR count). The minimum Gasteiger partial charge on any atom is -0.480 e. The number of hydrogen-bond donors (Lipinski definition) is 6. The van der Waals surface area contributed by atoms with Crippen LogP contribution in [-0.4, -0.2) is 51.3 Å². The van der Waals surface area contributed by atoms with Crippen molar-refractivity contribution in [3.63, 3.8) is 0 Å². The number of aromatic amines is 1. The van der Waals surface area contributed by atoms with Crippen LogP contribution in [-0.2, 0) is 0 Å². The molecule has 1 atom stereocenters. The number of nitrogens with zero attached hydrogens (tertiary/aromatic N) is 2. The summed E-state index contributed by atoms with van der Waals surface area (Å²) in [5, 5.41) is 24.8. The number of carbonyl (C=O) groups excluding carboxylic acids is 1. The summed E-state index contributed by atoms with van der Waals surface area (Å²) in [4.78, 5) is 33.2. The van der Waals surface area contributed by atoms with Crippen molar-refractivity contribution in [3.8, 4) is 5.88 Å². The third-order valence-corrected chi connectivity index (χ3v) is 6.09. The standard InChI is InChI=1S/C19H22N6O5S2/c1-8-5-4-6-9(2)12(8)22-16(29)13-17(30-3)23-19(31-13)24-18-11(15(28)25-32-18)14(20)21-10(27)7-26/h4-6,10,26-27H,7H2,1-3H3,(H2,20,21)(H,22,29)(H,23,24)(H,25,28). The van der Waals surface area contributed by atoms with Gasteiger partial charge in [-0.3, -0.25) is 14.0 Å². The highest BCUT2D eigenvalue weighted by molar-refractivity contribution is 7.18. The summed E-state index contributed by atoms with van der Waals surface area (Å²) in [6.07, 6.45) is -1.46. The molecule has 7 N–H and O–H groups in total. The molecule has 0 saturated heterocycles. The van der Waals surface area contributed by atoms with Gasteiger partial charge in [-0.15, -0.1) is 0 Å². The monoisotopic (exact) mass is 478 g/mol. The Labute approximate surface area is 190 Å². The second-order valence-corrected chi connectivity index (χ2v) is 8.43. The second kappa shape index (κ2) is 9.91. The Hall–Kier alpha value is -3.26. The molecule has 11 nitrogen and oxygen atoms in total. The van der Waals surface area contributed by atoms with Crippen LogP contribution >= 0.6 is 22.9 Å². The molecule has 0 aliphatic heterocycles. The van der Waals surface area contributed by atoms with Crippen molar-refractivity contribution >= 4 is 50.4 Å². The molecule has 1 amide bonds. The molecule has 32 heavy (non-hydrogen) atoms. The van der Waals surface area contributed by atoms with Gasteiger partial charge in [-0.25, -0.2) is 4.99 Å². The number of methoxy groups -OCH3 is 1. The summed E-state index contributed by atoms with van der Waals surface area (Å²) >= 11 is 1.97. The van der Waals surface area contributed by atoms with E-state index >= 15 is 0 Å². The maximum atomic E-state index is 12.9. The number of H-pyrrole nitrogens is 1. The summed E-state index contributed by atoms with van der Waals surface area (Å²) in [5.74, 6) is -0.532. The molecule has 0 spiro atoms. The van der Waals surface area contributed by atoms with Gasteiger partial charge in [0.15, 0.2) is 16.2 Å². The van der Waals surface area contributed by atoms with E-state index in [9.17, 15) is 14.7 Å². The van der Waals surface area contributed by atoms with E-state index in [-0.39, 0.29) is 38.2 Å². The van der Waals surface area contributed by atoms with Crippen molar-refractivity contribution in [2.75, 3.05) is 24.4 Å². The Bertz CT molecular complexity index is 1200. The first-order valence-electron chi connectivity index (χ1n) is 9.28. The topological polar surface area (TPSA) is 175 Å². The molecule has 1 unspecified atom stereocenters. The minimum atomic E-state index is -1.46. The lowest BCUT2D eigenvalue weighted by molar-refractivity contribution is 0.102. The molecule has 2 aromatic heterocycles. The largest absolute Gasteiger partial charge is 0.480 e. The van der Waals surface area contributed by atoms with E-state index in [1.807, 2.05) is 32.0 Å². The van der Waals surface area contributed by atoms with Crippen LogP contribution in [0.1, 0.15) is 26.4 Å². The fraction of sp³-hybridized carbons (Fsp3) is 0.263. The zero-order chi connectivity index (χ0) is 23.4. The van der Waals surface area contributed by atoms with Gasteiger partial charge in [-0.1, -0.05) is 29.5 Å². The van der Waals surface area contributed by atoms with Gasteiger partial charge in [-0.2, -0.15) is 4.98 Å². The van der Waals surface area contributed by atoms with E-state index in [4.69, 9.17) is 15.6 Å². The number of aliphatic hydroxyl groups excluding tert-OH is 2. The number of aliphatic imine (C=N–C) groups is 1. The van der Waals surface area contributed by atoms with Crippen LogP contribution in [0, 0.1) is 13.8 Å². The van der Waals surface area contributed by atoms with Gasteiger partial charge in [-0.05, 0) is 36.5 Å². The van der Waals surface area contributed by atoms with Gasteiger partial charge in [0, 0.05) is 5.69 Å². The Morgan fingerprint density at radius 1 is 1.38 bits per heavy atom. The number of amidine groups is 1. The van der Waals surface area contributed by atoms with Gasteiger partial charge >= 0.3 is 0 Å². The van der Waals surface area contributed by atoms with Crippen LogP contribution in [0.3, 0.4) is 0 Å². The van der Waals surface area contributed by atoms with Crippen LogP contribution in [0.25, 0.3) is 0 Å². The number of aromatic nitrogens is 2. The van der Waals surface area contributed by atoms with Crippen LogP contribution < -0.4 is 26.7 Å². The third-order valence-electron chi connectivity index (χ3n) is 4.34. The Kier molecular flexibility index (Phi) is 7.25. The summed E-state index contributed by atoms with van der Waals surface area (Å²) in [7, 11) is 1.40. The maximum absolute atomic E-state index is 12.9. The number of amides is 1. The number of anilines is 3. The number of thiazole rings is 1. The average molecular weight is 479 g/mol. The molecule has 0 bridgehead atoms. The lowest BCUT2D eigenvalue weighted by Crippen LogP contribution is -2.25. The van der Waals surface area contributed by atoms with E-state index < -0.39 is 18.4 Å². The number of aryl methyl sites for hydroxylation is 2. The molecule has 0 aliphatic rings. The average Bonchev–Trinajstić information content (AvgIpc) is 3.33. The smallest absolute Gasteiger partial charge is 0.271 e. The third kappa shape index (κ3) is 4.96. The molecule has 0 radical (unpaired) electrons. The number of ether oxygens (including phenoxy) is 1. The lowest BCUT2D eigenvalue weighted by Gasteiger charge is -2.10. The molecule has 0 fully saturated rings. The van der Waals surface area contributed by atoms with E-state index in [1.165, 1.54) is 7.11 Å². The number of rotatable bonds is 8. The van der Waals surface area contributed by atoms with Gasteiger partial charge in [0.05, 0.1) is 13.7 Å². The van der Waals surface area contributed by atoms with Crippen LogP contribution in [0.2, 0.25) is 0 Å². The first-order chi connectivity index (χ1) is 15.2. The molecule has 3 aromatic rings. The quantitative estimate of drug-likeness (QED) is 0.209. The minimum absolute atomic E-state index is 0.0156. The van der Waals surface area contributed by atoms with Crippen molar-refractivity contribution < 1.29 is 19.7 Å². The SMILES string of the molecule is COc1nc(Nc2s[nH]c(=O)c2/C(N)=N/C(O)CO)sc1C(=O)Nc1c(C)cccc1C. The summed E-state index contributed by atoms with van der Waals surface area (Å²) in [6.45, 7) is 3.15. The summed E-state index contributed by atoms with van der Waals surface area (Å²) in [5.41, 5.74) is 7.82. The second-order valence-electron chi connectivity index (χ2n) is 6.62. The normalized spacial score (nSPS) is 12.5. The van der Waals surface area contributed by atoms with E-state index in [0.717, 1.165) is 34.0 Å². The van der Waals surface area contributed by atoms with Crippen molar-refractivity contribution in [2.45, 2.75) is 20.1 Å². The predicted octanol–water partition coefficient (Wildman–Crippen LogP) is 1.53. The fourth-order valence-corrected chi connectivity index (χ4v) is 4.45. The van der Waals surface area contributed by atoms with Crippen molar-refractivity contribution in [1.29, 1.82) is 0 Å². The number of hydrogen-bond acceptors (Lipinski definition) is 10. The molecule has 0 saturated carbocycles. The van der Waals surface area contributed by atoms with E-state index in [1.54, 1.807) is 0 Å². The Balaban J connectivity index is 1.89. The van der Waals surface area contributed by atoms with Crippen molar-refractivity contribution in [3.05, 3.63) is 50.1 Å². The number of benzene rings is 1. The van der Waals surface area contributed by atoms with Crippen LogP contribution in [0.5, 0.6) is 5.88 Å². The molecule has 13 heteroatoms. The fourth-order valence-electron chi connectivity index (χ4n) is 2.81. The molecular weight excluding hydrogens is 456 g/mol. The van der Waals surface area contributed by atoms with Crippen LogP contribution in [0.15, 0.2) is 28.0 Å². The Morgan fingerprint density at radius 2 is 2.06 bits per heavy atom. The number of carbonyl (C=O) groups is 1. The van der Waals surface area contributed by atoms with Gasteiger partial charge < -0.3 is 31.3 Å². The Morgan fingerprint density at radius 3 is 2.69 bits per heavy atom. The molecule has 2 heterocycles. The number of nitrogens with two attached hydrogens (primary N) is 1.